The Balaban J connectivity index is 1.86. The lowest BCUT2D eigenvalue weighted by Crippen LogP contribution is -2.44. The van der Waals surface area contributed by atoms with Crippen molar-refractivity contribution in [2.45, 2.75) is 59.0 Å². The van der Waals surface area contributed by atoms with E-state index in [9.17, 15) is 28.7 Å². The van der Waals surface area contributed by atoms with Crippen LogP contribution in [-0.2, 0) is 29.0 Å². The molecule has 0 radical (unpaired) electrons. The first-order valence-corrected chi connectivity index (χ1v) is 13.3. The van der Waals surface area contributed by atoms with Crippen LogP contribution in [0.4, 0.5) is 14.9 Å². The van der Waals surface area contributed by atoms with E-state index >= 15 is 0 Å². The van der Waals surface area contributed by atoms with Gasteiger partial charge in [0.25, 0.3) is 5.56 Å². The number of rotatable bonds is 12. The number of nitrogens with one attached hydrogen (secondary N) is 3. The summed E-state index contributed by atoms with van der Waals surface area (Å²) in [5.41, 5.74) is 1.39. The number of pyridine rings is 2. The molecule has 13 heteroatoms. The minimum atomic E-state index is -1.40. The van der Waals surface area contributed by atoms with Crippen LogP contribution in [-0.4, -0.2) is 67.6 Å². The van der Waals surface area contributed by atoms with E-state index in [2.05, 4.69) is 25.6 Å². The lowest BCUT2D eigenvalue weighted by Gasteiger charge is -2.17. The number of hydrogen-bond donors (Lipinski definition) is 4. The molecule has 41 heavy (non-hydrogen) atoms. The fourth-order valence-electron chi connectivity index (χ4n) is 4.26. The molecule has 0 spiro atoms. The molecule has 3 heterocycles. The van der Waals surface area contributed by atoms with E-state index in [4.69, 9.17) is 0 Å². The molecule has 0 bridgehead atoms. The number of carbonyl (C=O) groups excluding carboxylic acids is 2. The molecule has 0 fully saturated rings. The topological polar surface area (TPSA) is 162 Å². The van der Waals surface area contributed by atoms with Gasteiger partial charge in [0, 0.05) is 19.8 Å². The summed E-state index contributed by atoms with van der Waals surface area (Å²) in [4.78, 5) is 62.5. The van der Waals surface area contributed by atoms with Crippen molar-refractivity contribution in [3.8, 4) is 0 Å². The molecule has 0 aliphatic heterocycles. The summed E-state index contributed by atoms with van der Waals surface area (Å²) in [5.74, 6) is -0.900. The van der Waals surface area contributed by atoms with E-state index in [-0.39, 0.29) is 42.4 Å². The fourth-order valence-corrected chi connectivity index (χ4v) is 4.26. The molecule has 4 N–H and O–H groups in total. The first-order valence-electron chi connectivity index (χ1n) is 13.3. The van der Waals surface area contributed by atoms with Crippen molar-refractivity contribution in [1.82, 2.24) is 29.7 Å². The van der Waals surface area contributed by atoms with Crippen molar-refractivity contribution in [3.63, 3.8) is 0 Å². The molecule has 0 saturated heterocycles. The molecule has 3 aromatic rings. The fraction of sp³-hybridized carbons (Fsp3) is 0.429. The number of carboxylic acid groups (broad SMARTS) is 1. The second-order valence-corrected chi connectivity index (χ2v) is 10.2. The summed E-state index contributed by atoms with van der Waals surface area (Å²) in [5, 5.41) is 13.9. The number of allylic oxidation sites excluding steroid dienone is 1. The van der Waals surface area contributed by atoms with Crippen LogP contribution >= 0.6 is 0 Å². The standard InChI is InChI=1S/C28H36FN7O5/c1-6-17-11-12-20(31-26(38)19(32-28(40)41)9-7-8-10-23(37)35(4)5)27(39)36(17)15-22-33-24-18(29)14-30-21(13-16(2)3)25(24)34-22/h8,10-12,14,16,19,32H,6-7,9,13,15H2,1-5H3,(H,31,38)(H,33,34)(H,40,41)/b10-8+/t19-/m0/s1. The lowest BCUT2D eigenvalue weighted by atomic mass is 10.1. The zero-order chi connectivity index (χ0) is 30.3. The number of fused-ring (bicyclic) bond motifs is 1. The van der Waals surface area contributed by atoms with E-state index < -0.39 is 29.4 Å². The zero-order valence-electron chi connectivity index (χ0n) is 23.8. The molecule has 3 aromatic heterocycles. The van der Waals surface area contributed by atoms with Gasteiger partial charge in [0.15, 0.2) is 5.82 Å². The van der Waals surface area contributed by atoms with Crippen LogP contribution in [0.15, 0.2) is 35.3 Å². The second-order valence-electron chi connectivity index (χ2n) is 10.2. The Morgan fingerprint density at radius 3 is 2.61 bits per heavy atom. The number of imidazole rings is 1. The van der Waals surface area contributed by atoms with Gasteiger partial charge in [0.05, 0.1) is 24.0 Å². The van der Waals surface area contributed by atoms with E-state index in [0.717, 1.165) is 6.20 Å². The minimum absolute atomic E-state index is 0.0114. The molecular formula is C28H36FN7O5. The average molecular weight is 570 g/mol. The molecule has 3 amide bonds. The number of aromatic nitrogens is 4. The van der Waals surface area contributed by atoms with Crippen LogP contribution in [0.1, 0.15) is 50.8 Å². The van der Waals surface area contributed by atoms with E-state index in [1.807, 2.05) is 20.8 Å². The van der Waals surface area contributed by atoms with Gasteiger partial charge >= 0.3 is 6.09 Å². The van der Waals surface area contributed by atoms with Gasteiger partial charge in [0.2, 0.25) is 11.8 Å². The van der Waals surface area contributed by atoms with Crippen LogP contribution in [0.2, 0.25) is 0 Å². The number of aryl methyl sites for hydroxylation is 1. The van der Waals surface area contributed by atoms with E-state index in [0.29, 0.717) is 35.6 Å². The van der Waals surface area contributed by atoms with Crippen LogP contribution in [0.3, 0.4) is 0 Å². The first kappa shape index (κ1) is 31.0. The van der Waals surface area contributed by atoms with Gasteiger partial charge in [-0.15, -0.1) is 0 Å². The number of aromatic amines is 1. The molecule has 3 rings (SSSR count). The van der Waals surface area contributed by atoms with Crippen LogP contribution in [0, 0.1) is 11.7 Å². The third kappa shape index (κ3) is 7.99. The average Bonchev–Trinajstić information content (AvgIpc) is 3.34. The second kappa shape index (κ2) is 13.7. The highest BCUT2D eigenvalue weighted by Crippen LogP contribution is 2.21. The first-order chi connectivity index (χ1) is 19.4. The van der Waals surface area contributed by atoms with Gasteiger partial charge in [-0.3, -0.25) is 19.4 Å². The molecule has 0 saturated carbocycles. The molecular weight excluding hydrogens is 533 g/mol. The molecule has 0 aliphatic carbocycles. The van der Waals surface area contributed by atoms with Crippen molar-refractivity contribution in [2.24, 2.45) is 5.92 Å². The molecule has 0 aromatic carbocycles. The summed E-state index contributed by atoms with van der Waals surface area (Å²) < 4.78 is 15.9. The monoisotopic (exact) mass is 569 g/mol. The SMILES string of the molecule is CCc1ccc(NC(=O)[C@H](CC/C=C/C(=O)N(C)C)NC(=O)O)c(=O)n1Cc1nc2c(F)cnc(CC(C)C)c2[nH]1. The molecule has 0 aliphatic rings. The molecule has 220 valence electrons. The van der Waals surface area contributed by atoms with Crippen molar-refractivity contribution in [3.05, 3.63) is 63.9 Å². The maximum absolute atomic E-state index is 14.5. The smallest absolute Gasteiger partial charge is 0.405 e. The number of H-pyrrole nitrogens is 1. The zero-order valence-corrected chi connectivity index (χ0v) is 23.8. The maximum atomic E-state index is 14.5. The summed E-state index contributed by atoms with van der Waals surface area (Å²) in [6.07, 6.45) is 4.05. The summed E-state index contributed by atoms with van der Waals surface area (Å²) in [6.45, 7) is 5.91. The lowest BCUT2D eigenvalue weighted by molar-refractivity contribution is -0.123. The number of amides is 3. The van der Waals surface area contributed by atoms with Crippen LogP contribution in [0.5, 0.6) is 0 Å². The number of carbonyl (C=O) groups is 3. The molecule has 1 atom stereocenters. The number of halogens is 1. The van der Waals surface area contributed by atoms with Gasteiger partial charge in [-0.1, -0.05) is 26.8 Å². The number of anilines is 1. The third-order valence-corrected chi connectivity index (χ3v) is 6.33. The number of hydrogen-bond acceptors (Lipinski definition) is 6. The Labute approximate surface area is 236 Å². The number of nitrogens with zero attached hydrogens (tertiary/aromatic N) is 4. The number of likely N-dealkylation sites (N-methyl/N-ethyl adjacent to an activating group) is 1. The van der Waals surface area contributed by atoms with Crippen molar-refractivity contribution in [2.75, 3.05) is 19.4 Å². The van der Waals surface area contributed by atoms with Gasteiger partial charge < -0.3 is 30.2 Å². The Bertz CT molecular complexity index is 1510. The van der Waals surface area contributed by atoms with Crippen molar-refractivity contribution < 1.29 is 23.9 Å². The van der Waals surface area contributed by atoms with Crippen LogP contribution in [0.25, 0.3) is 11.0 Å². The van der Waals surface area contributed by atoms with Gasteiger partial charge in [0.1, 0.15) is 23.1 Å². The predicted molar refractivity (Wildman–Crippen MR) is 152 cm³/mol. The Hall–Kier alpha value is -4.55. The van der Waals surface area contributed by atoms with Crippen molar-refractivity contribution in [1.29, 1.82) is 0 Å². The van der Waals surface area contributed by atoms with E-state index in [1.165, 1.54) is 21.6 Å². The van der Waals surface area contributed by atoms with Gasteiger partial charge in [-0.2, -0.15) is 0 Å². The van der Waals surface area contributed by atoms with Crippen LogP contribution < -0.4 is 16.2 Å². The normalized spacial score (nSPS) is 12.2. The highest BCUT2D eigenvalue weighted by Gasteiger charge is 2.22. The largest absolute Gasteiger partial charge is 0.465 e. The van der Waals surface area contributed by atoms with Gasteiger partial charge in [-0.25, -0.2) is 14.2 Å². The Morgan fingerprint density at radius 1 is 1.24 bits per heavy atom. The molecule has 0 unspecified atom stereocenters. The van der Waals surface area contributed by atoms with Gasteiger partial charge in [-0.05, 0) is 49.8 Å². The third-order valence-electron chi connectivity index (χ3n) is 6.33. The summed E-state index contributed by atoms with van der Waals surface area (Å²) in [7, 11) is 3.19. The predicted octanol–water partition coefficient (Wildman–Crippen LogP) is 3.07. The summed E-state index contributed by atoms with van der Waals surface area (Å²) >= 11 is 0. The van der Waals surface area contributed by atoms with E-state index in [1.54, 1.807) is 26.2 Å². The Kier molecular flexibility index (Phi) is 10.3. The van der Waals surface area contributed by atoms with Crippen molar-refractivity contribution >= 4 is 34.6 Å². The Morgan fingerprint density at radius 2 is 1.98 bits per heavy atom. The maximum Gasteiger partial charge on any atom is 0.405 e. The molecule has 12 nitrogen and oxygen atoms in total. The quantitative estimate of drug-likeness (QED) is 0.244. The minimum Gasteiger partial charge on any atom is -0.465 e. The highest BCUT2D eigenvalue weighted by molar-refractivity contribution is 5.96. The summed E-state index contributed by atoms with van der Waals surface area (Å²) in [6, 6.07) is 1.98. The highest BCUT2D eigenvalue weighted by atomic mass is 19.1.